The lowest BCUT2D eigenvalue weighted by Crippen LogP contribution is -2.54. The molecule has 0 atom stereocenters. The molecular formula is C20H31N. The first-order valence-corrected chi connectivity index (χ1v) is 8.70. The maximum Gasteiger partial charge on any atom is 0.00861 e. The molecule has 2 aliphatic carbocycles. The highest BCUT2D eigenvalue weighted by molar-refractivity contribution is 5.36. The van der Waals surface area contributed by atoms with Gasteiger partial charge in [0.1, 0.15) is 0 Å². The Morgan fingerprint density at radius 1 is 0.952 bits per heavy atom. The van der Waals surface area contributed by atoms with Gasteiger partial charge < -0.3 is 5.73 Å². The molecule has 0 saturated heterocycles. The average molecular weight is 285 g/mol. The van der Waals surface area contributed by atoms with Crippen molar-refractivity contribution in [2.45, 2.75) is 76.5 Å². The summed E-state index contributed by atoms with van der Waals surface area (Å²) < 4.78 is 0. The van der Waals surface area contributed by atoms with E-state index >= 15 is 0 Å². The first-order valence-electron chi connectivity index (χ1n) is 8.70. The smallest absolute Gasteiger partial charge is 0.00861 e. The zero-order chi connectivity index (χ0) is 15.1. The topological polar surface area (TPSA) is 26.0 Å². The van der Waals surface area contributed by atoms with Gasteiger partial charge in [-0.15, -0.1) is 0 Å². The monoisotopic (exact) mass is 285 g/mol. The summed E-state index contributed by atoms with van der Waals surface area (Å²) in [7, 11) is 0. The SMILES string of the molecule is CC(C)(C)c1ccc(C2(CN)CC3(CCCCC3)C2)cc1. The minimum absolute atomic E-state index is 0.235. The molecular weight excluding hydrogens is 254 g/mol. The molecule has 0 unspecified atom stereocenters. The summed E-state index contributed by atoms with van der Waals surface area (Å²) in [6.07, 6.45) is 9.84. The van der Waals surface area contributed by atoms with Crippen molar-refractivity contribution in [2.24, 2.45) is 11.1 Å². The fourth-order valence-electron chi connectivity index (χ4n) is 4.83. The summed E-state index contributed by atoms with van der Waals surface area (Å²) >= 11 is 0. The first kappa shape index (κ1) is 15.1. The van der Waals surface area contributed by atoms with E-state index in [9.17, 15) is 0 Å². The zero-order valence-electron chi connectivity index (χ0n) is 14.0. The molecule has 0 radical (unpaired) electrons. The van der Waals surface area contributed by atoms with E-state index in [2.05, 4.69) is 45.0 Å². The lowest BCUT2D eigenvalue weighted by atomic mass is 9.46. The highest BCUT2D eigenvalue weighted by Crippen LogP contribution is 2.61. The van der Waals surface area contributed by atoms with Crippen molar-refractivity contribution in [1.82, 2.24) is 0 Å². The third-order valence-electron chi connectivity index (χ3n) is 6.10. The van der Waals surface area contributed by atoms with Gasteiger partial charge in [0.2, 0.25) is 0 Å². The molecule has 0 bridgehead atoms. The largest absolute Gasteiger partial charge is 0.330 e. The van der Waals surface area contributed by atoms with E-state index < -0.39 is 0 Å². The lowest BCUT2D eigenvalue weighted by Gasteiger charge is -2.58. The van der Waals surface area contributed by atoms with Crippen LogP contribution in [0.1, 0.15) is 76.8 Å². The molecule has 1 aromatic carbocycles. The summed E-state index contributed by atoms with van der Waals surface area (Å²) in [5.41, 5.74) is 10.3. The van der Waals surface area contributed by atoms with Crippen LogP contribution in [0.25, 0.3) is 0 Å². The van der Waals surface area contributed by atoms with Crippen LogP contribution in [0, 0.1) is 5.41 Å². The van der Waals surface area contributed by atoms with E-state index in [1.807, 2.05) is 0 Å². The fraction of sp³-hybridized carbons (Fsp3) is 0.700. The van der Waals surface area contributed by atoms with Gasteiger partial charge in [0.15, 0.2) is 0 Å². The van der Waals surface area contributed by atoms with Gasteiger partial charge in [-0.1, -0.05) is 64.3 Å². The van der Waals surface area contributed by atoms with E-state index in [1.165, 1.54) is 56.1 Å². The van der Waals surface area contributed by atoms with Crippen molar-refractivity contribution < 1.29 is 0 Å². The van der Waals surface area contributed by atoms with Crippen LogP contribution in [0.3, 0.4) is 0 Å². The van der Waals surface area contributed by atoms with Crippen molar-refractivity contribution in [1.29, 1.82) is 0 Å². The normalized spacial score (nSPS) is 23.8. The van der Waals surface area contributed by atoms with E-state index in [0.717, 1.165) is 6.54 Å². The molecule has 0 aromatic heterocycles. The van der Waals surface area contributed by atoms with Gasteiger partial charge >= 0.3 is 0 Å². The maximum absolute atomic E-state index is 6.21. The van der Waals surface area contributed by atoms with Crippen molar-refractivity contribution in [2.75, 3.05) is 6.54 Å². The molecule has 116 valence electrons. The summed E-state index contributed by atoms with van der Waals surface area (Å²) in [4.78, 5) is 0. The highest BCUT2D eigenvalue weighted by Gasteiger charge is 2.54. The molecule has 1 nitrogen and oxygen atoms in total. The molecule has 0 amide bonds. The van der Waals surface area contributed by atoms with Gasteiger partial charge in [-0.25, -0.2) is 0 Å². The Hall–Kier alpha value is -0.820. The Bertz CT molecular complexity index is 478. The van der Waals surface area contributed by atoms with Crippen LogP contribution in [-0.4, -0.2) is 6.54 Å². The van der Waals surface area contributed by atoms with Crippen LogP contribution in [-0.2, 0) is 10.8 Å². The zero-order valence-corrected chi connectivity index (χ0v) is 14.0. The van der Waals surface area contributed by atoms with E-state index in [4.69, 9.17) is 5.73 Å². The standard InChI is InChI=1S/C20H31N/c1-18(2,3)16-7-9-17(10-8-16)20(15-21)13-19(14-20)11-5-4-6-12-19/h7-10H,4-6,11-15,21H2,1-3H3. The fourth-order valence-corrected chi connectivity index (χ4v) is 4.83. The third-order valence-corrected chi connectivity index (χ3v) is 6.10. The van der Waals surface area contributed by atoms with Gasteiger partial charge in [-0.05, 0) is 47.6 Å². The predicted octanol–water partition coefficient (Wildman–Crippen LogP) is 4.92. The van der Waals surface area contributed by atoms with Gasteiger partial charge in [-0.2, -0.15) is 0 Å². The van der Waals surface area contributed by atoms with Crippen LogP contribution in [0.4, 0.5) is 0 Å². The van der Waals surface area contributed by atoms with Crippen LogP contribution in [0.15, 0.2) is 24.3 Å². The molecule has 1 aromatic rings. The third kappa shape index (κ3) is 2.65. The number of nitrogens with two attached hydrogens (primary N) is 1. The lowest BCUT2D eigenvalue weighted by molar-refractivity contribution is -0.00835. The molecule has 2 aliphatic rings. The van der Waals surface area contributed by atoms with Crippen molar-refractivity contribution in [3.05, 3.63) is 35.4 Å². The Kier molecular flexibility index (Phi) is 3.68. The van der Waals surface area contributed by atoms with E-state index in [0.29, 0.717) is 5.41 Å². The van der Waals surface area contributed by atoms with Crippen LogP contribution >= 0.6 is 0 Å². The Balaban J connectivity index is 1.79. The van der Waals surface area contributed by atoms with Crippen LogP contribution in [0.5, 0.6) is 0 Å². The Morgan fingerprint density at radius 2 is 1.52 bits per heavy atom. The summed E-state index contributed by atoms with van der Waals surface area (Å²) in [6, 6.07) is 9.34. The molecule has 0 aliphatic heterocycles. The number of rotatable bonds is 2. The van der Waals surface area contributed by atoms with Gasteiger partial charge in [0.05, 0.1) is 0 Å². The molecule has 2 N–H and O–H groups in total. The van der Waals surface area contributed by atoms with E-state index in [1.54, 1.807) is 0 Å². The second-order valence-corrected chi connectivity index (χ2v) is 8.73. The van der Waals surface area contributed by atoms with Gasteiger partial charge in [0, 0.05) is 12.0 Å². The van der Waals surface area contributed by atoms with E-state index in [-0.39, 0.29) is 10.8 Å². The van der Waals surface area contributed by atoms with Crippen LogP contribution < -0.4 is 5.73 Å². The molecule has 1 spiro atoms. The molecule has 21 heavy (non-hydrogen) atoms. The van der Waals surface area contributed by atoms with Crippen molar-refractivity contribution in [3.8, 4) is 0 Å². The predicted molar refractivity (Wildman–Crippen MR) is 90.6 cm³/mol. The summed E-state index contributed by atoms with van der Waals surface area (Å²) in [5.74, 6) is 0. The van der Waals surface area contributed by atoms with Gasteiger partial charge in [-0.3, -0.25) is 0 Å². The minimum atomic E-state index is 0.235. The molecule has 3 rings (SSSR count). The number of hydrogen-bond donors (Lipinski definition) is 1. The number of hydrogen-bond acceptors (Lipinski definition) is 1. The minimum Gasteiger partial charge on any atom is -0.330 e. The molecule has 2 fully saturated rings. The van der Waals surface area contributed by atoms with Crippen molar-refractivity contribution >= 4 is 0 Å². The second kappa shape index (κ2) is 5.12. The summed E-state index contributed by atoms with van der Waals surface area (Å²) in [5, 5.41) is 0. The Labute approximate surface area is 130 Å². The average Bonchev–Trinajstić information content (AvgIpc) is 2.44. The summed E-state index contributed by atoms with van der Waals surface area (Å²) in [6.45, 7) is 7.65. The highest BCUT2D eigenvalue weighted by atomic mass is 14.7. The number of benzene rings is 1. The Morgan fingerprint density at radius 3 is 2.00 bits per heavy atom. The second-order valence-electron chi connectivity index (χ2n) is 8.73. The van der Waals surface area contributed by atoms with Gasteiger partial charge in [0.25, 0.3) is 0 Å². The van der Waals surface area contributed by atoms with Crippen molar-refractivity contribution in [3.63, 3.8) is 0 Å². The molecule has 1 heteroatoms. The maximum atomic E-state index is 6.21. The molecule has 0 heterocycles. The van der Waals surface area contributed by atoms with Crippen LogP contribution in [0.2, 0.25) is 0 Å². The molecule has 2 saturated carbocycles. The quantitative estimate of drug-likeness (QED) is 0.819. The first-order chi connectivity index (χ1) is 9.89.